The normalized spacial score (nSPS) is 21.0. The topological polar surface area (TPSA) is 70.2 Å². The zero-order chi connectivity index (χ0) is 16.1. The number of rotatable bonds is 3. The molecule has 5 heteroatoms. The number of carbonyl (C=O) groups excluding carboxylic acids is 2. The fourth-order valence-corrected chi connectivity index (χ4v) is 2.90. The maximum atomic E-state index is 12.2. The quantitative estimate of drug-likeness (QED) is 0.797. The summed E-state index contributed by atoms with van der Waals surface area (Å²) in [4.78, 5) is 23.3. The summed E-state index contributed by atoms with van der Waals surface area (Å²) in [7, 11) is 0. The Kier molecular flexibility index (Phi) is 5.41. The standard InChI is InChI=1S/C17H25N3O2/c1-11-6-4-5-7-15(11)19-17(22)20-16-10-14(18-13(3)21)9-8-12(16)2/h8-11,15H,4-7H2,1-3H3,(H,18,21)(H2,19,20,22). The van der Waals surface area contributed by atoms with Crippen molar-refractivity contribution in [2.24, 2.45) is 5.92 Å². The highest BCUT2D eigenvalue weighted by Crippen LogP contribution is 2.24. The molecule has 0 aliphatic heterocycles. The lowest BCUT2D eigenvalue weighted by atomic mass is 9.86. The fraction of sp³-hybridized carbons (Fsp3) is 0.529. The third kappa shape index (κ3) is 4.48. The van der Waals surface area contributed by atoms with Crippen LogP contribution in [0.2, 0.25) is 0 Å². The Balaban J connectivity index is 1.99. The minimum atomic E-state index is -0.179. The van der Waals surface area contributed by atoms with Crippen molar-refractivity contribution >= 4 is 23.3 Å². The molecule has 0 aromatic heterocycles. The van der Waals surface area contributed by atoms with E-state index in [2.05, 4.69) is 22.9 Å². The lowest BCUT2D eigenvalue weighted by Gasteiger charge is -2.29. The molecular formula is C17H25N3O2. The summed E-state index contributed by atoms with van der Waals surface area (Å²) in [6.45, 7) is 5.58. The number of aryl methyl sites for hydroxylation is 1. The maximum absolute atomic E-state index is 12.2. The van der Waals surface area contributed by atoms with Crippen LogP contribution < -0.4 is 16.0 Å². The summed E-state index contributed by atoms with van der Waals surface area (Å²) in [5.41, 5.74) is 2.35. The van der Waals surface area contributed by atoms with Crippen molar-refractivity contribution in [3.05, 3.63) is 23.8 Å². The van der Waals surface area contributed by atoms with Crippen LogP contribution in [0.5, 0.6) is 0 Å². The van der Waals surface area contributed by atoms with Gasteiger partial charge in [-0.2, -0.15) is 0 Å². The highest BCUT2D eigenvalue weighted by molar-refractivity contribution is 5.93. The average molecular weight is 303 g/mol. The van der Waals surface area contributed by atoms with Crippen molar-refractivity contribution in [2.75, 3.05) is 10.6 Å². The number of urea groups is 1. The Morgan fingerprint density at radius 1 is 1.14 bits per heavy atom. The molecule has 1 aromatic carbocycles. The molecule has 2 atom stereocenters. The van der Waals surface area contributed by atoms with E-state index in [0.29, 0.717) is 17.3 Å². The van der Waals surface area contributed by atoms with Crippen molar-refractivity contribution in [2.45, 2.75) is 52.5 Å². The van der Waals surface area contributed by atoms with E-state index >= 15 is 0 Å². The smallest absolute Gasteiger partial charge is 0.319 e. The number of hydrogen-bond donors (Lipinski definition) is 3. The molecule has 0 heterocycles. The number of hydrogen-bond acceptors (Lipinski definition) is 2. The van der Waals surface area contributed by atoms with Crippen LogP contribution in [0.4, 0.5) is 16.2 Å². The average Bonchev–Trinajstić information content (AvgIpc) is 2.44. The second kappa shape index (κ2) is 7.29. The summed E-state index contributed by atoms with van der Waals surface area (Å²) >= 11 is 0. The largest absolute Gasteiger partial charge is 0.335 e. The highest BCUT2D eigenvalue weighted by Gasteiger charge is 2.22. The molecule has 0 saturated heterocycles. The van der Waals surface area contributed by atoms with Crippen LogP contribution >= 0.6 is 0 Å². The summed E-state index contributed by atoms with van der Waals surface area (Å²) in [5, 5.41) is 8.68. The Hall–Kier alpha value is -2.04. The van der Waals surface area contributed by atoms with E-state index in [4.69, 9.17) is 0 Å². The predicted molar refractivity (Wildman–Crippen MR) is 89.1 cm³/mol. The maximum Gasteiger partial charge on any atom is 0.319 e. The van der Waals surface area contributed by atoms with Crippen molar-refractivity contribution in [1.29, 1.82) is 0 Å². The molecule has 22 heavy (non-hydrogen) atoms. The van der Waals surface area contributed by atoms with Crippen LogP contribution in [0, 0.1) is 12.8 Å². The lowest BCUT2D eigenvalue weighted by Crippen LogP contribution is -2.43. The first kappa shape index (κ1) is 16.3. The van der Waals surface area contributed by atoms with E-state index in [1.807, 2.05) is 19.1 Å². The van der Waals surface area contributed by atoms with Crippen LogP contribution in [-0.2, 0) is 4.79 Å². The molecule has 0 radical (unpaired) electrons. The molecule has 0 bridgehead atoms. The van der Waals surface area contributed by atoms with E-state index in [-0.39, 0.29) is 18.0 Å². The number of anilines is 2. The van der Waals surface area contributed by atoms with E-state index in [9.17, 15) is 9.59 Å². The number of benzene rings is 1. The molecule has 1 aliphatic rings. The van der Waals surface area contributed by atoms with E-state index in [1.54, 1.807) is 6.07 Å². The van der Waals surface area contributed by atoms with E-state index in [0.717, 1.165) is 12.0 Å². The van der Waals surface area contributed by atoms with E-state index < -0.39 is 0 Å². The second-order valence-electron chi connectivity index (χ2n) is 6.18. The molecular weight excluding hydrogens is 278 g/mol. The number of carbonyl (C=O) groups is 2. The molecule has 1 aromatic rings. The van der Waals surface area contributed by atoms with Gasteiger partial charge in [0.05, 0.1) is 0 Å². The van der Waals surface area contributed by atoms with Crippen LogP contribution in [0.25, 0.3) is 0 Å². The van der Waals surface area contributed by atoms with Crippen LogP contribution in [0.15, 0.2) is 18.2 Å². The molecule has 5 nitrogen and oxygen atoms in total. The Morgan fingerprint density at radius 3 is 2.55 bits per heavy atom. The summed E-state index contributed by atoms with van der Waals surface area (Å²) in [6.07, 6.45) is 4.63. The SMILES string of the molecule is CC(=O)Nc1ccc(C)c(NC(=O)NC2CCCCC2C)c1. The first-order valence-electron chi connectivity index (χ1n) is 7.91. The Labute approximate surface area is 131 Å². The van der Waals surface area contributed by atoms with Gasteiger partial charge in [0, 0.05) is 24.3 Å². The molecule has 2 rings (SSSR count). The molecule has 1 fully saturated rings. The second-order valence-corrected chi connectivity index (χ2v) is 6.18. The zero-order valence-corrected chi connectivity index (χ0v) is 13.5. The third-order valence-electron chi connectivity index (χ3n) is 4.23. The van der Waals surface area contributed by atoms with Gasteiger partial charge in [-0.3, -0.25) is 4.79 Å². The van der Waals surface area contributed by atoms with Gasteiger partial charge in [0.2, 0.25) is 5.91 Å². The van der Waals surface area contributed by atoms with Gasteiger partial charge in [-0.1, -0.05) is 25.8 Å². The molecule has 120 valence electrons. The fourth-order valence-electron chi connectivity index (χ4n) is 2.90. The van der Waals surface area contributed by atoms with Crippen molar-refractivity contribution in [3.8, 4) is 0 Å². The lowest BCUT2D eigenvalue weighted by molar-refractivity contribution is -0.114. The van der Waals surface area contributed by atoms with Crippen molar-refractivity contribution < 1.29 is 9.59 Å². The monoisotopic (exact) mass is 303 g/mol. The molecule has 3 amide bonds. The Morgan fingerprint density at radius 2 is 1.86 bits per heavy atom. The van der Waals surface area contributed by atoms with Gasteiger partial charge in [-0.15, -0.1) is 0 Å². The summed E-state index contributed by atoms with van der Waals surface area (Å²) in [6, 6.07) is 5.54. The van der Waals surface area contributed by atoms with Crippen LogP contribution in [0.3, 0.4) is 0 Å². The first-order valence-corrected chi connectivity index (χ1v) is 7.91. The molecule has 1 aliphatic carbocycles. The van der Waals surface area contributed by atoms with Crippen LogP contribution in [0.1, 0.15) is 45.1 Å². The summed E-state index contributed by atoms with van der Waals surface area (Å²) < 4.78 is 0. The minimum absolute atomic E-state index is 0.129. The van der Waals surface area contributed by atoms with Gasteiger partial charge in [0.1, 0.15) is 0 Å². The Bertz CT molecular complexity index is 557. The van der Waals surface area contributed by atoms with E-state index in [1.165, 1.54) is 26.2 Å². The first-order chi connectivity index (χ1) is 10.5. The molecule has 2 unspecified atom stereocenters. The molecule has 1 saturated carbocycles. The van der Waals surface area contributed by atoms with Gasteiger partial charge in [0.15, 0.2) is 0 Å². The van der Waals surface area contributed by atoms with Gasteiger partial charge in [-0.05, 0) is 43.4 Å². The summed E-state index contributed by atoms with van der Waals surface area (Å²) in [5.74, 6) is 0.390. The van der Waals surface area contributed by atoms with Gasteiger partial charge in [-0.25, -0.2) is 4.79 Å². The van der Waals surface area contributed by atoms with Gasteiger partial charge >= 0.3 is 6.03 Å². The highest BCUT2D eigenvalue weighted by atomic mass is 16.2. The molecule has 3 N–H and O–H groups in total. The number of nitrogens with one attached hydrogen (secondary N) is 3. The van der Waals surface area contributed by atoms with Gasteiger partial charge in [0.25, 0.3) is 0 Å². The minimum Gasteiger partial charge on any atom is -0.335 e. The van der Waals surface area contributed by atoms with Crippen molar-refractivity contribution in [3.63, 3.8) is 0 Å². The third-order valence-corrected chi connectivity index (χ3v) is 4.23. The molecule has 0 spiro atoms. The van der Waals surface area contributed by atoms with Gasteiger partial charge < -0.3 is 16.0 Å². The van der Waals surface area contributed by atoms with Crippen LogP contribution in [-0.4, -0.2) is 18.0 Å². The predicted octanol–water partition coefficient (Wildman–Crippen LogP) is 3.65. The van der Waals surface area contributed by atoms with Crippen molar-refractivity contribution in [1.82, 2.24) is 5.32 Å². The number of amides is 3. The zero-order valence-electron chi connectivity index (χ0n) is 13.5.